The fourth-order valence-corrected chi connectivity index (χ4v) is 1.95. The quantitative estimate of drug-likeness (QED) is 0.552. The van der Waals surface area contributed by atoms with Crippen molar-refractivity contribution in [2.75, 3.05) is 0 Å². The zero-order valence-electron chi connectivity index (χ0n) is 13.0. The van der Waals surface area contributed by atoms with E-state index >= 15 is 0 Å². The van der Waals surface area contributed by atoms with E-state index in [0.29, 0.717) is 21.9 Å². The van der Waals surface area contributed by atoms with Crippen molar-refractivity contribution < 1.29 is 9.53 Å². The summed E-state index contributed by atoms with van der Waals surface area (Å²) in [5, 5.41) is 0.613. The van der Waals surface area contributed by atoms with Crippen LogP contribution in [0.1, 0.15) is 36.7 Å². The van der Waals surface area contributed by atoms with E-state index in [-0.39, 0.29) is 5.78 Å². The second-order valence-electron chi connectivity index (χ2n) is 5.75. The minimum absolute atomic E-state index is 0.0395. The van der Waals surface area contributed by atoms with Gasteiger partial charge in [-0.3, -0.25) is 4.79 Å². The number of ketones is 1. The molecule has 22 heavy (non-hydrogen) atoms. The fraction of sp³-hybridized carbons (Fsp3) is 0.211. The molecule has 0 heterocycles. The molecule has 0 amide bonds. The van der Waals surface area contributed by atoms with E-state index in [4.69, 9.17) is 16.3 Å². The fourth-order valence-electron chi connectivity index (χ4n) is 1.82. The molecule has 2 nitrogen and oxygen atoms in total. The summed E-state index contributed by atoms with van der Waals surface area (Å²) in [5.41, 5.74) is 1.72. The van der Waals surface area contributed by atoms with Crippen LogP contribution >= 0.6 is 11.6 Å². The summed E-state index contributed by atoms with van der Waals surface area (Å²) in [6.45, 7) is 9.78. The number of carbonyl (C=O) groups is 1. The van der Waals surface area contributed by atoms with Gasteiger partial charge in [0.2, 0.25) is 0 Å². The highest BCUT2D eigenvalue weighted by atomic mass is 35.5. The predicted octanol–water partition coefficient (Wildman–Crippen LogP) is 5.30. The van der Waals surface area contributed by atoms with Gasteiger partial charge < -0.3 is 4.74 Å². The van der Waals surface area contributed by atoms with E-state index in [2.05, 4.69) is 6.58 Å². The molecule has 0 spiro atoms. The Bertz CT molecular complexity index is 682. The van der Waals surface area contributed by atoms with E-state index in [1.54, 1.807) is 48.5 Å². The second kappa shape index (κ2) is 6.37. The van der Waals surface area contributed by atoms with Gasteiger partial charge in [-0.25, -0.2) is 0 Å². The number of benzene rings is 2. The zero-order valence-corrected chi connectivity index (χ0v) is 13.8. The van der Waals surface area contributed by atoms with E-state index < -0.39 is 5.60 Å². The summed E-state index contributed by atoms with van der Waals surface area (Å²) in [6.07, 6.45) is 0. The lowest BCUT2D eigenvalue weighted by atomic mass is 10.0. The van der Waals surface area contributed by atoms with Crippen molar-refractivity contribution >= 4 is 17.4 Å². The van der Waals surface area contributed by atoms with Gasteiger partial charge in [0.05, 0.1) is 0 Å². The summed E-state index contributed by atoms with van der Waals surface area (Å²) in [7, 11) is 0. The highest BCUT2D eigenvalue weighted by molar-refractivity contribution is 6.30. The van der Waals surface area contributed by atoms with Crippen LogP contribution in [0.4, 0.5) is 0 Å². The highest BCUT2D eigenvalue weighted by Crippen LogP contribution is 2.24. The molecular weight excluding hydrogens is 296 g/mol. The maximum Gasteiger partial charge on any atom is 0.193 e. The highest BCUT2D eigenvalue weighted by Gasteiger charge is 2.20. The topological polar surface area (TPSA) is 26.3 Å². The molecule has 0 radical (unpaired) electrons. The minimum atomic E-state index is -0.443. The first-order chi connectivity index (χ1) is 10.3. The number of carbonyl (C=O) groups excluding carboxylic acids is 1. The van der Waals surface area contributed by atoms with Gasteiger partial charge in [0.25, 0.3) is 0 Å². The average Bonchev–Trinajstić information content (AvgIpc) is 2.47. The maximum absolute atomic E-state index is 12.4. The van der Waals surface area contributed by atoms with Gasteiger partial charge >= 0.3 is 0 Å². The molecule has 0 aliphatic carbocycles. The first-order valence-corrected chi connectivity index (χ1v) is 7.43. The molecule has 0 aromatic heterocycles. The standard InChI is InChI=1S/C19H19ClO2/c1-13(2)19(3,4)22-17-11-7-15(8-12-17)18(21)14-5-9-16(20)10-6-14/h5-12H,1H2,2-4H3. The monoisotopic (exact) mass is 314 g/mol. The van der Waals surface area contributed by atoms with Gasteiger partial charge in [0.15, 0.2) is 5.78 Å². The van der Waals surface area contributed by atoms with E-state index in [1.807, 2.05) is 20.8 Å². The van der Waals surface area contributed by atoms with Gasteiger partial charge in [0.1, 0.15) is 11.4 Å². The molecule has 0 N–H and O–H groups in total. The third-order valence-corrected chi connectivity index (χ3v) is 3.88. The van der Waals surface area contributed by atoms with Crippen LogP contribution in [0.3, 0.4) is 0 Å². The Hall–Kier alpha value is -2.06. The van der Waals surface area contributed by atoms with Crippen LogP contribution < -0.4 is 4.74 Å². The molecule has 0 fully saturated rings. The smallest absolute Gasteiger partial charge is 0.193 e. The molecule has 0 saturated heterocycles. The van der Waals surface area contributed by atoms with Crippen molar-refractivity contribution in [1.29, 1.82) is 0 Å². The summed E-state index contributed by atoms with van der Waals surface area (Å²) < 4.78 is 5.89. The molecule has 0 unspecified atom stereocenters. The molecule has 0 atom stereocenters. The van der Waals surface area contributed by atoms with Crippen LogP contribution in [0, 0.1) is 0 Å². The molecule has 2 aromatic rings. The average molecular weight is 315 g/mol. The first-order valence-electron chi connectivity index (χ1n) is 7.05. The number of ether oxygens (including phenoxy) is 1. The lowest BCUT2D eigenvalue weighted by Crippen LogP contribution is -2.29. The van der Waals surface area contributed by atoms with Crippen LogP contribution in [0.5, 0.6) is 5.75 Å². The van der Waals surface area contributed by atoms with Crippen molar-refractivity contribution in [2.45, 2.75) is 26.4 Å². The molecule has 0 aliphatic rings. The van der Waals surface area contributed by atoms with E-state index in [0.717, 1.165) is 5.57 Å². The van der Waals surface area contributed by atoms with Crippen LogP contribution in [0.15, 0.2) is 60.7 Å². The Morgan fingerprint density at radius 1 is 1.00 bits per heavy atom. The normalized spacial score (nSPS) is 11.1. The number of hydrogen-bond acceptors (Lipinski definition) is 2. The Morgan fingerprint density at radius 2 is 1.45 bits per heavy atom. The molecular formula is C19H19ClO2. The summed E-state index contributed by atoms with van der Waals surface area (Å²) >= 11 is 5.84. The van der Waals surface area contributed by atoms with Gasteiger partial charge in [-0.15, -0.1) is 0 Å². The lowest BCUT2D eigenvalue weighted by molar-refractivity contribution is 0.103. The molecule has 0 saturated carbocycles. The van der Waals surface area contributed by atoms with Gasteiger partial charge in [-0.1, -0.05) is 18.2 Å². The van der Waals surface area contributed by atoms with E-state index in [1.165, 1.54) is 0 Å². The zero-order chi connectivity index (χ0) is 16.3. The Balaban J connectivity index is 2.16. The summed E-state index contributed by atoms with van der Waals surface area (Å²) in [6, 6.07) is 14.0. The Labute approximate surface area is 136 Å². The van der Waals surface area contributed by atoms with Gasteiger partial charge in [-0.05, 0) is 74.9 Å². The first kappa shape index (κ1) is 16.3. The largest absolute Gasteiger partial charge is 0.484 e. The molecule has 2 rings (SSSR count). The molecule has 114 valence electrons. The minimum Gasteiger partial charge on any atom is -0.484 e. The number of rotatable bonds is 5. The Morgan fingerprint density at radius 3 is 1.91 bits per heavy atom. The van der Waals surface area contributed by atoms with Gasteiger partial charge in [-0.2, -0.15) is 0 Å². The van der Waals surface area contributed by atoms with Crippen molar-refractivity contribution in [3.63, 3.8) is 0 Å². The predicted molar refractivity (Wildman–Crippen MR) is 90.8 cm³/mol. The van der Waals surface area contributed by atoms with Gasteiger partial charge in [0, 0.05) is 16.1 Å². The van der Waals surface area contributed by atoms with Crippen molar-refractivity contribution in [3.8, 4) is 5.75 Å². The lowest BCUT2D eigenvalue weighted by Gasteiger charge is -2.26. The van der Waals surface area contributed by atoms with Crippen molar-refractivity contribution in [3.05, 3.63) is 76.8 Å². The second-order valence-corrected chi connectivity index (χ2v) is 6.19. The van der Waals surface area contributed by atoms with Crippen molar-refractivity contribution in [2.24, 2.45) is 0 Å². The molecule has 0 bridgehead atoms. The van der Waals surface area contributed by atoms with E-state index in [9.17, 15) is 4.79 Å². The molecule has 3 heteroatoms. The van der Waals surface area contributed by atoms with Crippen LogP contribution in [-0.4, -0.2) is 11.4 Å². The van der Waals surface area contributed by atoms with Crippen LogP contribution in [-0.2, 0) is 0 Å². The molecule has 0 aliphatic heterocycles. The summed E-state index contributed by atoms with van der Waals surface area (Å²) in [5.74, 6) is 0.669. The SMILES string of the molecule is C=C(C)C(C)(C)Oc1ccc(C(=O)c2ccc(Cl)cc2)cc1. The third-order valence-electron chi connectivity index (χ3n) is 3.62. The Kier molecular flexibility index (Phi) is 4.72. The molecule has 2 aromatic carbocycles. The number of hydrogen-bond donors (Lipinski definition) is 0. The summed E-state index contributed by atoms with van der Waals surface area (Å²) in [4.78, 5) is 12.4. The number of halogens is 1. The van der Waals surface area contributed by atoms with Crippen LogP contribution in [0.25, 0.3) is 0 Å². The maximum atomic E-state index is 12.4. The van der Waals surface area contributed by atoms with Crippen LogP contribution in [0.2, 0.25) is 5.02 Å². The van der Waals surface area contributed by atoms with Crippen molar-refractivity contribution in [1.82, 2.24) is 0 Å². The third kappa shape index (κ3) is 3.77.